The summed E-state index contributed by atoms with van der Waals surface area (Å²) in [6, 6.07) is 5.14. The molecule has 3 rings (SSSR count). The number of pyridine rings is 1. The molecular formula is C21H25F3N6O. The minimum Gasteiger partial charge on any atom is -0.345 e. The molecule has 0 bridgehead atoms. The summed E-state index contributed by atoms with van der Waals surface area (Å²) in [6.45, 7) is 5.72. The summed E-state index contributed by atoms with van der Waals surface area (Å²) in [7, 11) is 0. The molecule has 10 heteroatoms. The van der Waals surface area contributed by atoms with Crippen LogP contribution in [0.3, 0.4) is 0 Å². The third-order valence-corrected chi connectivity index (χ3v) is 5.25. The fourth-order valence-corrected chi connectivity index (χ4v) is 3.65. The van der Waals surface area contributed by atoms with Gasteiger partial charge in [0.15, 0.2) is 5.82 Å². The summed E-state index contributed by atoms with van der Waals surface area (Å²) in [4.78, 5) is 30.9. The van der Waals surface area contributed by atoms with Gasteiger partial charge in [0.05, 0.1) is 0 Å². The summed E-state index contributed by atoms with van der Waals surface area (Å²) >= 11 is 0. The Hall–Kier alpha value is -3.17. The maximum absolute atomic E-state index is 12.8. The lowest BCUT2D eigenvalue weighted by molar-refractivity contribution is -0.141. The third kappa shape index (κ3) is 4.62. The molecule has 0 aliphatic carbocycles. The number of anilines is 1. The van der Waals surface area contributed by atoms with Crippen molar-refractivity contribution in [3.8, 4) is 11.4 Å². The zero-order valence-electron chi connectivity index (χ0n) is 17.8. The monoisotopic (exact) mass is 434 g/mol. The molecule has 0 aliphatic rings. The molecule has 0 unspecified atom stereocenters. The molecule has 1 amide bonds. The van der Waals surface area contributed by atoms with Gasteiger partial charge in [-0.3, -0.25) is 4.79 Å². The van der Waals surface area contributed by atoms with E-state index < -0.39 is 24.2 Å². The summed E-state index contributed by atoms with van der Waals surface area (Å²) in [5, 5.41) is 2.87. The summed E-state index contributed by atoms with van der Waals surface area (Å²) in [5.74, 6) is 0.166. The zero-order valence-corrected chi connectivity index (χ0v) is 17.8. The van der Waals surface area contributed by atoms with Crippen molar-refractivity contribution in [2.24, 2.45) is 0 Å². The lowest BCUT2D eigenvalue weighted by atomic mass is 9.93. The van der Waals surface area contributed by atoms with Crippen molar-refractivity contribution in [1.29, 1.82) is 0 Å². The third-order valence-electron chi connectivity index (χ3n) is 5.25. The van der Waals surface area contributed by atoms with Gasteiger partial charge in [-0.2, -0.15) is 13.2 Å². The van der Waals surface area contributed by atoms with Crippen molar-refractivity contribution in [3.05, 3.63) is 36.8 Å². The molecule has 7 nitrogen and oxygen atoms in total. The van der Waals surface area contributed by atoms with Crippen LogP contribution in [0.2, 0.25) is 0 Å². The fourth-order valence-electron chi connectivity index (χ4n) is 3.65. The van der Waals surface area contributed by atoms with Crippen LogP contribution < -0.4 is 10.2 Å². The van der Waals surface area contributed by atoms with Gasteiger partial charge in [0.1, 0.15) is 23.5 Å². The highest BCUT2D eigenvalue weighted by Crippen LogP contribution is 2.31. The highest BCUT2D eigenvalue weighted by molar-refractivity contribution is 5.92. The first-order valence-electron chi connectivity index (χ1n) is 9.96. The quantitative estimate of drug-likeness (QED) is 0.585. The van der Waals surface area contributed by atoms with E-state index in [4.69, 9.17) is 0 Å². The number of hydrogen-bond acceptors (Lipinski definition) is 5. The molecule has 0 aliphatic heterocycles. The Balaban J connectivity index is 2.01. The molecule has 3 aromatic heterocycles. The fraction of sp³-hybridized carbons (Fsp3) is 0.429. The van der Waals surface area contributed by atoms with Gasteiger partial charge in [0, 0.05) is 35.6 Å². The molecule has 2 N–H and O–H groups in total. The highest BCUT2D eigenvalue weighted by atomic mass is 19.4. The second-order valence-corrected chi connectivity index (χ2v) is 7.73. The van der Waals surface area contributed by atoms with Crippen molar-refractivity contribution >= 4 is 22.8 Å². The SMILES string of the molecule is CC[C@](C)(C(=O)NCC(F)(F)F)N(c1ccnc(-c2c[nH]c3ncccc23)n1)C(C)C. The van der Waals surface area contributed by atoms with Gasteiger partial charge in [0.25, 0.3) is 0 Å². The Bertz CT molecular complexity index is 1060. The second-order valence-electron chi connectivity index (χ2n) is 7.73. The number of hydrogen-bond donors (Lipinski definition) is 2. The summed E-state index contributed by atoms with van der Waals surface area (Å²) in [5.41, 5.74) is 0.192. The average molecular weight is 434 g/mol. The van der Waals surface area contributed by atoms with Crippen LogP contribution in [0.25, 0.3) is 22.4 Å². The number of nitrogens with one attached hydrogen (secondary N) is 2. The number of halogens is 3. The predicted molar refractivity (Wildman–Crippen MR) is 112 cm³/mol. The number of rotatable bonds is 7. The van der Waals surface area contributed by atoms with E-state index in [0.29, 0.717) is 17.3 Å². The number of aromatic amines is 1. The number of fused-ring (bicyclic) bond motifs is 1. The maximum Gasteiger partial charge on any atom is 0.405 e. The molecule has 0 saturated carbocycles. The van der Waals surface area contributed by atoms with Gasteiger partial charge in [-0.15, -0.1) is 0 Å². The number of H-pyrrole nitrogens is 1. The number of amides is 1. The van der Waals surface area contributed by atoms with Crippen LogP contribution >= 0.6 is 0 Å². The topological polar surface area (TPSA) is 86.8 Å². The van der Waals surface area contributed by atoms with Gasteiger partial charge in [0.2, 0.25) is 5.91 Å². The molecule has 3 heterocycles. The smallest absolute Gasteiger partial charge is 0.345 e. The Morgan fingerprint density at radius 3 is 2.61 bits per heavy atom. The Kier molecular flexibility index (Phi) is 6.19. The van der Waals surface area contributed by atoms with E-state index in [1.165, 1.54) is 0 Å². The number of aromatic nitrogens is 4. The number of carbonyl (C=O) groups is 1. The van der Waals surface area contributed by atoms with E-state index in [1.54, 1.807) is 43.4 Å². The van der Waals surface area contributed by atoms with E-state index >= 15 is 0 Å². The molecule has 0 radical (unpaired) electrons. The molecule has 0 spiro atoms. The minimum atomic E-state index is -4.49. The lowest BCUT2D eigenvalue weighted by Crippen LogP contribution is -2.60. The van der Waals surface area contributed by atoms with Gasteiger partial charge < -0.3 is 15.2 Å². The van der Waals surface area contributed by atoms with E-state index in [0.717, 1.165) is 10.9 Å². The second kappa shape index (κ2) is 8.52. The van der Waals surface area contributed by atoms with Crippen molar-refractivity contribution < 1.29 is 18.0 Å². The maximum atomic E-state index is 12.8. The Morgan fingerprint density at radius 2 is 1.97 bits per heavy atom. The van der Waals surface area contributed by atoms with Gasteiger partial charge >= 0.3 is 6.18 Å². The molecule has 31 heavy (non-hydrogen) atoms. The molecule has 0 aromatic carbocycles. The molecule has 0 saturated heterocycles. The van der Waals surface area contributed by atoms with Crippen molar-refractivity contribution in [2.45, 2.75) is 51.9 Å². The van der Waals surface area contributed by atoms with Crippen LogP contribution in [0.4, 0.5) is 19.0 Å². The van der Waals surface area contributed by atoms with Gasteiger partial charge in [-0.1, -0.05) is 6.92 Å². The largest absolute Gasteiger partial charge is 0.405 e. The first-order valence-corrected chi connectivity index (χ1v) is 9.96. The van der Waals surface area contributed by atoms with Crippen LogP contribution in [0, 0.1) is 0 Å². The van der Waals surface area contributed by atoms with Gasteiger partial charge in [-0.25, -0.2) is 15.0 Å². The number of alkyl halides is 3. The van der Waals surface area contributed by atoms with Crippen LogP contribution in [0.5, 0.6) is 0 Å². The predicted octanol–water partition coefficient (Wildman–Crippen LogP) is 4.08. The highest BCUT2D eigenvalue weighted by Gasteiger charge is 2.41. The van der Waals surface area contributed by atoms with Crippen LogP contribution in [0.15, 0.2) is 36.8 Å². The van der Waals surface area contributed by atoms with Crippen LogP contribution in [-0.4, -0.2) is 50.1 Å². The van der Waals surface area contributed by atoms with E-state index in [2.05, 4.69) is 19.9 Å². The van der Waals surface area contributed by atoms with Crippen molar-refractivity contribution in [1.82, 2.24) is 25.3 Å². The summed E-state index contributed by atoms with van der Waals surface area (Å²) < 4.78 is 38.0. The zero-order chi connectivity index (χ0) is 22.8. The minimum absolute atomic E-state index is 0.214. The Morgan fingerprint density at radius 1 is 1.23 bits per heavy atom. The standard InChI is InChI=1S/C21H25F3N6O/c1-5-20(4,19(31)28-12-21(22,23)24)30(13(2)3)16-8-10-26-18(29-16)15-11-27-17-14(15)7-6-9-25-17/h6-11,13H,5,12H2,1-4H3,(H,25,27)(H,28,31)/t20-/m1/s1. The van der Waals surface area contributed by atoms with Gasteiger partial charge in [-0.05, 0) is 45.4 Å². The molecule has 3 aromatic rings. The molecule has 1 atom stereocenters. The van der Waals surface area contributed by atoms with Crippen LogP contribution in [0.1, 0.15) is 34.1 Å². The van der Waals surface area contributed by atoms with E-state index in [9.17, 15) is 18.0 Å². The average Bonchev–Trinajstić information content (AvgIpc) is 3.15. The van der Waals surface area contributed by atoms with E-state index in [-0.39, 0.29) is 12.5 Å². The molecular weight excluding hydrogens is 409 g/mol. The first-order chi connectivity index (χ1) is 14.6. The first kappa shape index (κ1) is 22.5. The summed E-state index contributed by atoms with van der Waals surface area (Å²) in [6.07, 6.45) is 0.799. The number of carbonyl (C=O) groups excluding carboxylic acids is 1. The normalized spacial score (nSPS) is 13.9. The Labute approximate surface area is 178 Å². The number of nitrogens with zero attached hydrogens (tertiary/aromatic N) is 4. The van der Waals surface area contributed by atoms with E-state index in [1.807, 2.05) is 31.3 Å². The lowest BCUT2D eigenvalue weighted by Gasteiger charge is -2.43. The van der Waals surface area contributed by atoms with Crippen LogP contribution in [-0.2, 0) is 4.79 Å². The van der Waals surface area contributed by atoms with Crippen molar-refractivity contribution in [2.75, 3.05) is 11.4 Å². The molecule has 0 fully saturated rings. The molecule has 166 valence electrons. The van der Waals surface area contributed by atoms with Crippen molar-refractivity contribution in [3.63, 3.8) is 0 Å².